The average molecular weight is 382 g/mol. The normalized spacial score (nSPS) is 19.7. The molecule has 0 aromatic carbocycles. The molecule has 1 aromatic rings. The molecule has 3 amide bonds. The van der Waals surface area contributed by atoms with Crippen molar-refractivity contribution in [2.75, 3.05) is 11.5 Å². The second-order valence-corrected chi connectivity index (χ2v) is 9.21. The highest BCUT2D eigenvalue weighted by Crippen LogP contribution is 2.11. The fraction of sp³-hybridized carbons (Fsp3) is 0.588. The topological polar surface area (TPSA) is 117 Å². The van der Waals surface area contributed by atoms with Crippen molar-refractivity contribution in [3.63, 3.8) is 0 Å². The minimum Gasteiger partial charge on any atom is -0.350 e. The van der Waals surface area contributed by atoms with Crippen LogP contribution in [-0.4, -0.2) is 48.9 Å². The van der Waals surface area contributed by atoms with Gasteiger partial charge >= 0.3 is 6.03 Å². The molecular formula is C17H26N4O4S. The van der Waals surface area contributed by atoms with Crippen molar-refractivity contribution in [3.8, 4) is 0 Å². The van der Waals surface area contributed by atoms with Crippen LogP contribution in [0.5, 0.6) is 0 Å². The molecule has 26 heavy (non-hydrogen) atoms. The zero-order chi connectivity index (χ0) is 19.2. The van der Waals surface area contributed by atoms with Crippen molar-refractivity contribution < 1.29 is 18.0 Å². The molecule has 1 aliphatic heterocycles. The van der Waals surface area contributed by atoms with Crippen molar-refractivity contribution in [1.29, 1.82) is 0 Å². The van der Waals surface area contributed by atoms with E-state index in [1.165, 1.54) is 0 Å². The lowest BCUT2D eigenvalue weighted by molar-refractivity contribution is -0.123. The third kappa shape index (κ3) is 6.62. The maximum absolute atomic E-state index is 12.5. The number of pyridine rings is 1. The van der Waals surface area contributed by atoms with Gasteiger partial charge in [-0.2, -0.15) is 0 Å². The second kappa shape index (κ2) is 8.98. The summed E-state index contributed by atoms with van der Waals surface area (Å²) in [6.07, 6.45) is 4.20. The van der Waals surface area contributed by atoms with Crippen molar-refractivity contribution >= 4 is 21.8 Å². The molecule has 0 saturated carbocycles. The quantitative estimate of drug-likeness (QED) is 0.638. The smallest absolute Gasteiger partial charge is 0.315 e. The van der Waals surface area contributed by atoms with Gasteiger partial charge in [0.15, 0.2) is 9.84 Å². The number of rotatable bonds is 7. The lowest BCUT2D eigenvalue weighted by Crippen LogP contribution is -2.52. The van der Waals surface area contributed by atoms with Crippen LogP contribution in [-0.2, 0) is 21.2 Å². The minimum absolute atomic E-state index is 0.0531. The number of urea groups is 1. The summed E-state index contributed by atoms with van der Waals surface area (Å²) in [6, 6.07) is 2.02. The number of carbonyl (C=O) groups excluding carboxylic acids is 2. The Labute approximate surface area is 154 Å². The molecule has 8 nitrogen and oxygen atoms in total. The number of hydrogen-bond donors (Lipinski definition) is 3. The Morgan fingerprint density at radius 3 is 2.69 bits per heavy atom. The van der Waals surface area contributed by atoms with Gasteiger partial charge < -0.3 is 16.0 Å². The van der Waals surface area contributed by atoms with Gasteiger partial charge in [-0.3, -0.25) is 9.78 Å². The molecule has 3 N–H and O–H groups in total. The summed E-state index contributed by atoms with van der Waals surface area (Å²) >= 11 is 0. The maximum Gasteiger partial charge on any atom is 0.315 e. The van der Waals surface area contributed by atoms with Crippen molar-refractivity contribution in [2.24, 2.45) is 5.92 Å². The highest BCUT2D eigenvalue weighted by Gasteiger charge is 2.30. The SMILES string of the molecule is CC(C)C[C@@H](NC(=O)NC1CCS(=O)(=O)C1)C(=O)NCc1cccnc1. The van der Waals surface area contributed by atoms with E-state index >= 15 is 0 Å². The van der Waals surface area contributed by atoms with E-state index in [1.54, 1.807) is 18.5 Å². The molecule has 0 aliphatic carbocycles. The number of nitrogens with zero attached hydrogens (tertiary/aromatic N) is 1. The van der Waals surface area contributed by atoms with E-state index in [0.29, 0.717) is 19.4 Å². The van der Waals surface area contributed by atoms with E-state index in [-0.39, 0.29) is 23.3 Å². The third-order valence-corrected chi connectivity index (χ3v) is 5.85. The number of carbonyl (C=O) groups is 2. The summed E-state index contributed by atoms with van der Waals surface area (Å²) in [5.41, 5.74) is 0.866. The Balaban J connectivity index is 1.89. The first-order chi connectivity index (χ1) is 12.2. The molecule has 0 bridgehead atoms. The summed E-state index contributed by atoms with van der Waals surface area (Å²) in [7, 11) is -3.07. The summed E-state index contributed by atoms with van der Waals surface area (Å²) in [6.45, 7) is 4.25. The van der Waals surface area contributed by atoms with Crippen LogP contribution in [0.1, 0.15) is 32.3 Å². The molecule has 1 aromatic heterocycles. The van der Waals surface area contributed by atoms with Crippen molar-refractivity contribution in [2.45, 2.75) is 45.3 Å². The molecule has 1 aliphatic rings. The lowest BCUT2D eigenvalue weighted by Gasteiger charge is -2.21. The van der Waals surface area contributed by atoms with Gasteiger partial charge in [0, 0.05) is 25.0 Å². The highest BCUT2D eigenvalue weighted by molar-refractivity contribution is 7.91. The van der Waals surface area contributed by atoms with Crippen LogP contribution >= 0.6 is 0 Å². The second-order valence-electron chi connectivity index (χ2n) is 6.98. The Bertz CT molecular complexity index is 722. The molecule has 9 heteroatoms. The third-order valence-electron chi connectivity index (χ3n) is 4.09. The average Bonchev–Trinajstić information content (AvgIpc) is 2.91. The number of sulfone groups is 1. The van der Waals surface area contributed by atoms with E-state index < -0.39 is 28.0 Å². The van der Waals surface area contributed by atoms with Gasteiger partial charge in [0.1, 0.15) is 6.04 Å². The van der Waals surface area contributed by atoms with Gasteiger partial charge in [-0.25, -0.2) is 13.2 Å². The molecule has 2 atom stereocenters. The molecule has 0 spiro atoms. The first-order valence-corrected chi connectivity index (χ1v) is 10.5. The van der Waals surface area contributed by atoms with E-state index in [0.717, 1.165) is 5.56 Å². The first kappa shape index (κ1) is 20.2. The van der Waals surface area contributed by atoms with Crippen molar-refractivity contribution in [1.82, 2.24) is 20.9 Å². The largest absolute Gasteiger partial charge is 0.350 e. The van der Waals surface area contributed by atoms with Crippen LogP contribution in [0.3, 0.4) is 0 Å². The number of nitrogens with one attached hydrogen (secondary N) is 3. The lowest BCUT2D eigenvalue weighted by atomic mass is 10.0. The Morgan fingerprint density at radius 2 is 2.12 bits per heavy atom. The van der Waals surface area contributed by atoms with E-state index in [1.807, 2.05) is 19.9 Å². The summed E-state index contributed by atoms with van der Waals surface area (Å²) < 4.78 is 23.0. The van der Waals surface area contributed by atoms with E-state index in [9.17, 15) is 18.0 Å². The predicted molar refractivity (Wildman–Crippen MR) is 98.1 cm³/mol. The molecule has 1 unspecified atom stereocenters. The number of aromatic nitrogens is 1. The highest BCUT2D eigenvalue weighted by atomic mass is 32.2. The summed E-state index contributed by atoms with van der Waals surface area (Å²) in [5.74, 6) is -0.0467. The van der Waals surface area contributed by atoms with Crippen LogP contribution in [0.25, 0.3) is 0 Å². The maximum atomic E-state index is 12.5. The summed E-state index contributed by atoms with van der Waals surface area (Å²) in [4.78, 5) is 28.6. The molecule has 1 saturated heterocycles. The fourth-order valence-electron chi connectivity index (χ4n) is 2.81. The number of hydrogen-bond acceptors (Lipinski definition) is 5. The van der Waals surface area contributed by atoms with Gasteiger partial charge in [-0.05, 0) is 30.4 Å². The van der Waals surface area contributed by atoms with Crippen LogP contribution in [0, 0.1) is 5.92 Å². The van der Waals surface area contributed by atoms with E-state index in [4.69, 9.17) is 0 Å². The van der Waals surface area contributed by atoms with Gasteiger partial charge in [0.2, 0.25) is 5.91 Å². The molecular weight excluding hydrogens is 356 g/mol. The minimum atomic E-state index is -3.07. The van der Waals surface area contributed by atoms with Crippen LogP contribution in [0.4, 0.5) is 4.79 Å². The monoisotopic (exact) mass is 382 g/mol. The predicted octanol–water partition coefficient (Wildman–Crippen LogP) is 0.599. The zero-order valence-electron chi connectivity index (χ0n) is 15.1. The van der Waals surface area contributed by atoms with Crippen LogP contribution < -0.4 is 16.0 Å². The first-order valence-electron chi connectivity index (χ1n) is 8.69. The zero-order valence-corrected chi connectivity index (χ0v) is 15.9. The van der Waals surface area contributed by atoms with Crippen LogP contribution in [0.15, 0.2) is 24.5 Å². The standard InChI is InChI=1S/C17H26N4O4S/c1-12(2)8-15(16(22)19-10-13-4-3-6-18-9-13)21-17(23)20-14-5-7-26(24,25)11-14/h3-4,6,9,12,14-15H,5,7-8,10-11H2,1-2H3,(H,19,22)(H2,20,21,23)/t14?,15-/m1/s1. The van der Waals surface area contributed by atoms with Gasteiger partial charge in [-0.15, -0.1) is 0 Å². The molecule has 2 heterocycles. The summed E-state index contributed by atoms with van der Waals surface area (Å²) in [5, 5.41) is 8.11. The fourth-order valence-corrected chi connectivity index (χ4v) is 4.49. The Morgan fingerprint density at radius 1 is 1.35 bits per heavy atom. The van der Waals surface area contributed by atoms with Gasteiger partial charge in [0.25, 0.3) is 0 Å². The van der Waals surface area contributed by atoms with Gasteiger partial charge in [-0.1, -0.05) is 19.9 Å². The van der Waals surface area contributed by atoms with Crippen molar-refractivity contribution in [3.05, 3.63) is 30.1 Å². The molecule has 144 valence electrons. The number of amides is 3. The Hall–Kier alpha value is -2.16. The van der Waals surface area contributed by atoms with E-state index in [2.05, 4.69) is 20.9 Å². The van der Waals surface area contributed by atoms with Crippen LogP contribution in [0.2, 0.25) is 0 Å². The van der Waals surface area contributed by atoms with Gasteiger partial charge in [0.05, 0.1) is 11.5 Å². The molecule has 1 fully saturated rings. The Kier molecular flexibility index (Phi) is 6.96. The molecule has 0 radical (unpaired) electrons. The molecule has 2 rings (SSSR count).